The number of thiol groups is 1. The minimum atomic E-state index is -0.292. The van der Waals surface area contributed by atoms with Crippen molar-refractivity contribution in [3.63, 3.8) is 0 Å². The largest absolute Gasteiger partial charge is 0.452 e. The van der Waals surface area contributed by atoms with Crippen LogP contribution in [0, 0.1) is 5.92 Å². The molecule has 0 aliphatic heterocycles. The summed E-state index contributed by atoms with van der Waals surface area (Å²) < 4.78 is 4.74. The molecule has 9 heavy (non-hydrogen) atoms. The second-order valence-corrected chi connectivity index (χ2v) is 2.92. The van der Waals surface area contributed by atoms with Crippen LogP contribution in [-0.4, -0.2) is 11.4 Å². The van der Waals surface area contributed by atoms with Gasteiger partial charge in [-0.2, -0.15) is 0 Å². The second kappa shape index (κ2) is 3.77. The first-order chi connectivity index (χ1) is 4.04. The molecule has 0 radical (unpaired) electrons. The topological polar surface area (TPSA) is 26.3 Å². The van der Waals surface area contributed by atoms with Crippen LogP contribution < -0.4 is 0 Å². The summed E-state index contributed by atoms with van der Waals surface area (Å²) >= 11 is 3.89. The fourth-order valence-corrected chi connectivity index (χ4v) is 0.408. The molecule has 1 unspecified atom stereocenters. The van der Waals surface area contributed by atoms with E-state index < -0.39 is 0 Å². The molecule has 0 aromatic rings. The van der Waals surface area contributed by atoms with Crippen molar-refractivity contribution in [2.75, 3.05) is 0 Å². The molecule has 0 saturated carbocycles. The third-order valence-electron chi connectivity index (χ3n) is 0.758. The number of carbonyl (C=O) groups is 1. The molecule has 0 aliphatic carbocycles. The summed E-state index contributed by atoms with van der Waals surface area (Å²) in [7, 11) is 0. The van der Waals surface area contributed by atoms with Crippen molar-refractivity contribution in [2.24, 2.45) is 5.92 Å². The summed E-state index contributed by atoms with van der Waals surface area (Å²) in [6.45, 7) is 5.29. The number of hydrogen-bond donors (Lipinski definition) is 1. The maximum Gasteiger partial charge on any atom is 0.309 e. The van der Waals surface area contributed by atoms with Crippen molar-refractivity contribution in [1.82, 2.24) is 0 Å². The first-order valence-electron chi connectivity index (χ1n) is 2.92. The third kappa shape index (κ3) is 4.33. The predicted molar refractivity (Wildman–Crippen MR) is 39.4 cm³/mol. The molecule has 0 aromatic carbocycles. The Hall–Kier alpha value is -0.180. The van der Waals surface area contributed by atoms with Gasteiger partial charge in [-0.15, -0.1) is 12.6 Å². The summed E-state index contributed by atoms with van der Waals surface area (Å²) in [4.78, 5) is 10.7. The van der Waals surface area contributed by atoms with E-state index in [1.165, 1.54) is 0 Å². The van der Waals surface area contributed by atoms with E-state index in [9.17, 15) is 4.79 Å². The molecule has 54 valence electrons. The molecule has 0 aliphatic rings. The Balaban J connectivity index is 3.51. The lowest BCUT2D eigenvalue weighted by atomic mass is 10.2. The van der Waals surface area contributed by atoms with Gasteiger partial charge in [0.2, 0.25) is 0 Å². The molecule has 0 amide bonds. The Morgan fingerprint density at radius 3 is 2.00 bits per heavy atom. The maximum atomic E-state index is 10.7. The van der Waals surface area contributed by atoms with Gasteiger partial charge in [-0.3, -0.25) is 4.79 Å². The van der Waals surface area contributed by atoms with Gasteiger partial charge >= 0.3 is 5.97 Å². The number of rotatable bonds is 2. The van der Waals surface area contributed by atoms with Crippen molar-refractivity contribution in [2.45, 2.75) is 26.2 Å². The summed E-state index contributed by atoms with van der Waals surface area (Å²) in [5.41, 5.74) is -0.292. The Morgan fingerprint density at radius 2 is 1.89 bits per heavy atom. The first kappa shape index (κ1) is 8.82. The van der Waals surface area contributed by atoms with Crippen LogP contribution in [0.1, 0.15) is 20.8 Å². The highest BCUT2D eigenvalue weighted by molar-refractivity contribution is 7.80. The summed E-state index contributed by atoms with van der Waals surface area (Å²) in [5.74, 6) is -0.253. The Kier molecular flexibility index (Phi) is 3.70. The Morgan fingerprint density at radius 1 is 1.44 bits per heavy atom. The highest BCUT2D eigenvalue weighted by atomic mass is 32.1. The van der Waals surface area contributed by atoms with E-state index in [2.05, 4.69) is 12.6 Å². The van der Waals surface area contributed by atoms with Crippen molar-refractivity contribution < 1.29 is 9.53 Å². The van der Waals surface area contributed by atoms with Gasteiger partial charge in [0.1, 0.15) is 5.44 Å². The third-order valence-corrected chi connectivity index (χ3v) is 0.864. The normalized spacial score (nSPS) is 13.4. The zero-order valence-electron chi connectivity index (χ0n) is 5.92. The van der Waals surface area contributed by atoms with Crippen LogP contribution in [0.25, 0.3) is 0 Å². The molecule has 0 aromatic heterocycles. The molecule has 0 saturated heterocycles. The summed E-state index contributed by atoms with van der Waals surface area (Å²) in [6.07, 6.45) is 0. The minimum Gasteiger partial charge on any atom is -0.452 e. The standard InChI is InChI=1S/C6H12O2S/c1-4(2)6(7)8-5(3)9/h4-5,9H,1-3H3. The lowest BCUT2D eigenvalue weighted by Crippen LogP contribution is -2.14. The van der Waals surface area contributed by atoms with Crippen LogP contribution in [0.4, 0.5) is 0 Å². The SMILES string of the molecule is CC(S)OC(=O)C(C)C. The van der Waals surface area contributed by atoms with Gasteiger partial charge in [-0.1, -0.05) is 13.8 Å². The summed E-state index contributed by atoms with van der Waals surface area (Å²) in [6, 6.07) is 0. The molecular weight excluding hydrogens is 136 g/mol. The Labute approximate surface area is 61.0 Å². The van der Waals surface area contributed by atoms with Crippen LogP contribution in [-0.2, 0) is 9.53 Å². The fraction of sp³-hybridized carbons (Fsp3) is 0.833. The van der Waals surface area contributed by atoms with Crippen molar-refractivity contribution in [1.29, 1.82) is 0 Å². The highest BCUT2D eigenvalue weighted by Crippen LogP contribution is 2.01. The second-order valence-electron chi connectivity index (χ2n) is 2.19. The number of carbonyl (C=O) groups excluding carboxylic acids is 1. The molecular formula is C6H12O2S. The smallest absolute Gasteiger partial charge is 0.309 e. The van der Waals surface area contributed by atoms with E-state index in [0.717, 1.165) is 0 Å². The lowest BCUT2D eigenvalue weighted by Gasteiger charge is -2.08. The molecule has 0 N–H and O–H groups in total. The average molecular weight is 148 g/mol. The van der Waals surface area contributed by atoms with E-state index in [1.807, 2.05) is 0 Å². The molecule has 3 heteroatoms. The van der Waals surface area contributed by atoms with E-state index >= 15 is 0 Å². The van der Waals surface area contributed by atoms with Crippen molar-refractivity contribution in [3.8, 4) is 0 Å². The van der Waals surface area contributed by atoms with Crippen molar-refractivity contribution in [3.05, 3.63) is 0 Å². The Bertz CT molecular complexity index is 99.2. The van der Waals surface area contributed by atoms with Gasteiger partial charge in [0.15, 0.2) is 0 Å². The molecule has 0 bridgehead atoms. The van der Waals surface area contributed by atoms with E-state index in [4.69, 9.17) is 4.74 Å². The van der Waals surface area contributed by atoms with Gasteiger partial charge in [-0.05, 0) is 6.92 Å². The van der Waals surface area contributed by atoms with Gasteiger partial charge in [-0.25, -0.2) is 0 Å². The predicted octanol–water partition coefficient (Wildman–Crippen LogP) is 1.46. The van der Waals surface area contributed by atoms with Crippen LogP contribution >= 0.6 is 12.6 Å². The zero-order valence-corrected chi connectivity index (χ0v) is 6.81. The molecule has 0 spiro atoms. The van der Waals surface area contributed by atoms with E-state index in [-0.39, 0.29) is 17.3 Å². The molecule has 0 heterocycles. The number of esters is 1. The number of hydrogen-bond acceptors (Lipinski definition) is 3. The van der Waals surface area contributed by atoms with E-state index in [0.29, 0.717) is 0 Å². The highest BCUT2D eigenvalue weighted by Gasteiger charge is 2.09. The lowest BCUT2D eigenvalue weighted by molar-refractivity contribution is -0.148. The monoisotopic (exact) mass is 148 g/mol. The van der Waals surface area contributed by atoms with Gasteiger partial charge in [0, 0.05) is 0 Å². The average Bonchev–Trinajstić information content (AvgIpc) is 1.63. The van der Waals surface area contributed by atoms with E-state index in [1.54, 1.807) is 20.8 Å². The maximum absolute atomic E-state index is 10.7. The van der Waals surface area contributed by atoms with Gasteiger partial charge in [0.25, 0.3) is 0 Å². The number of ether oxygens (including phenoxy) is 1. The molecule has 1 atom stereocenters. The van der Waals surface area contributed by atoms with Gasteiger partial charge in [0.05, 0.1) is 5.92 Å². The summed E-state index contributed by atoms with van der Waals surface area (Å²) in [5, 5.41) is 0. The van der Waals surface area contributed by atoms with Crippen LogP contribution in [0.2, 0.25) is 0 Å². The fourth-order valence-electron chi connectivity index (χ4n) is 0.304. The molecule has 0 fully saturated rings. The molecule has 2 nitrogen and oxygen atoms in total. The minimum absolute atomic E-state index is 0.0559. The van der Waals surface area contributed by atoms with Gasteiger partial charge < -0.3 is 4.74 Å². The van der Waals surface area contributed by atoms with Crippen LogP contribution in [0.15, 0.2) is 0 Å². The van der Waals surface area contributed by atoms with Crippen LogP contribution in [0.5, 0.6) is 0 Å². The first-order valence-corrected chi connectivity index (χ1v) is 3.44. The van der Waals surface area contributed by atoms with Crippen LogP contribution in [0.3, 0.4) is 0 Å². The molecule has 0 rings (SSSR count). The quantitative estimate of drug-likeness (QED) is 0.364. The zero-order chi connectivity index (χ0) is 7.44. The van der Waals surface area contributed by atoms with Crippen molar-refractivity contribution >= 4 is 18.6 Å².